The van der Waals surface area contributed by atoms with Gasteiger partial charge in [0, 0.05) is 41.9 Å². The summed E-state index contributed by atoms with van der Waals surface area (Å²) in [6.07, 6.45) is 6.25. The molecule has 4 aromatic rings. The van der Waals surface area contributed by atoms with Gasteiger partial charge in [-0.15, -0.1) is 0 Å². The van der Waals surface area contributed by atoms with E-state index in [0.29, 0.717) is 23.4 Å². The number of fused-ring (bicyclic) bond motifs is 1. The molecule has 0 aliphatic rings. The second-order valence-electron chi connectivity index (χ2n) is 9.03. The average Bonchev–Trinajstić information content (AvgIpc) is 3.25. The van der Waals surface area contributed by atoms with Gasteiger partial charge in [0.1, 0.15) is 17.0 Å². The largest absolute Gasteiger partial charge is 0.435 e. The molecule has 36 heavy (non-hydrogen) atoms. The van der Waals surface area contributed by atoms with Crippen LogP contribution in [0.3, 0.4) is 0 Å². The normalized spacial score (nSPS) is 11.5. The van der Waals surface area contributed by atoms with Crippen LogP contribution in [0.15, 0.2) is 55.1 Å². The van der Waals surface area contributed by atoms with Gasteiger partial charge >= 0.3 is 6.61 Å². The number of anilines is 1. The Labute approximate surface area is 205 Å². The van der Waals surface area contributed by atoms with Crippen molar-refractivity contribution in [3.8, 4) is 5.75 Å². The number of alkyl halides is 2. The van der Waals surface area contributed by atoms with Crippen molar-refractivity contribution in [1.29, 1.82) is 5.41 Å². The molecule has 1 amide bonds. The van der Waals surface area contributed by atoms with Gasteiger partial charge in [-0.1, -0.05) is 6.07 Å². The molecule has 11 heteroatoms. The molecule has 4 N–H and O–H groups in total. The zero-order chi connectivity index (χ0) is 25.9. The molecule has 0 bridgehead atoms. The number of hydrogen-bond donors (Lipinski definition) is 4. The number of halogens is 2. The van der Waals surface area contributed by atoms with E-state index in [-0.39, 0.29) is 34.2 Å². The molecule has 0 fully saturated rings. The molecule has 9 nitrogen and oxygen atoms in total. The van der Waals surface area contributed by atoms with Crippen molar-refractivity contribution < 1.29 is 18.3 Å². The fourth-order valence-electron chi connectivity index (χ4n) is 3.49. The van der Waals surface area contributed by atoms with E-state index in [1.807, 2.05) is 26.8 Å². The number of benzene rings is 1. The zero-order valence-corrected chi connectivity index (χ0v) is 19.9. The highest BCUT2D eigenvalue weighted by Gasteiger charge is 2.21. The predicted octanol–water partition coefficient (Wildman–Crippen LogP) is 4.51. The summed E-state index contributed by atoms with van der Waals surface area (Å²) in [5, 5.41) is 14.9. The number of aromatic amines is 1. The quantitative estimate of drug-likeness (QED) is 0.267. The number of amides is 1. The van der Waals surface area contributed by atoms with E-state index in [2.05, 4.69) is 35.3 Å². The van der Waals surface area contributed by atoms with Crippen LogP contribution in [0.25, 0.3) is 11.2 Å². The van der Waals surface area contributed by atoms with Crippen molar-refractivity contribution in [3.05, 3.63) is 77.5 Å². The summed E-state index contributed by atoms with van der Waals surface area (Å²) in [6, 6.07) is 7.98. The molecule has 4 rings (SSSR count). The Morgan fingerprint density at radius 3 is 2.69 bits per heavy atom. The minimum absolute atomic E-state index is 0.0822. The molecule has 0 saturated carbocycles. The number of pyridine rings is 1. The summed E-state index contributed by atoms with van der Waals surface area (Å²) >= 11 is 0. The number of nitrogens with one attached hydrogen (secondary N) is 4. The number of H-pyrrole nitrogens is 1. The fraction of sp³-hybridized carbons (Fsp3) is 0.240. The first-order valence-corrected chi connectivity index (χ1v) is 11.1. The zero-order valence-electron chi connectivity index (χ0n) is 19.9. The van der Waals surface area contributed by atoms with Crippen LogP contribution in [0.1, 0.15) is 48.0 Å². The van der Waals surface area contributed by atoms with Crippen LogP contribution in [0.4, 0.5) is 14.5 Å². The Bertz CT molecular complexity index is 1400. The Kier molecular flexibility index (Phi) is 6.91. The molecule has 3 heterocycles. The van der Waals surface area contributed by atoms with Gasteiger partial charge in [-0.05, 0) is 50.6 Å². The van der Waals surface area contributed by atoms with Crippen molar-refractivity contribution in [1.82, 2.24) is 25.3 Å². The lowest BCUT2D eigenvalue weighted by Crippen LogP contribution is -2.40. The molecular formula is C25H25F2N7O2. The van der Waals surface area contributed by atoms with E-state index in [4.69, 9.17) is 5.41 Å². The van der Waals surface area contributed by atoms with E-state index < -0.39 is 12.2 Å². The smallest absolute Gasteiger partial charge is 0.387 e. The van der Waals surface area contributed by atoms with E-state index in [0.717, 1.165) is 5.56 Å². The van der Waals surface area contributed by atoms with Gasteiger partial charge in [-0.3, -0.25) is 15.2 Å². The van der Waals surface area contributed by atoms with Crippen molar-refractivity contribution in [2.24, 2.45) is 0 Å². The minimum atomic E-state index is -3.01. The van der Waals surface area contributed by atoms with Crippen molar-refractivity contribution >= 4 is 28.5 Å². The third-order valence-corrected chi connectivity index (χ3v) is 5.06. The topological polar surface area (TPSA) is 129 Å². The molecule has 0 aliphatic heterocycles. The number of carbonyl (C=O) groups is 1. The van der Waals surface area contributed by atoms with Crippen LogP contribution >= 0.6 is 0 Å². The summed E-state index contributed by atoms with van der Waals surface area (Å²) < 4.78 is 30.3. The maximum atomic E-state index is 12.9. The number of carbonyl (C=O) groups excluding carboxylic acids is 1. The van der Waals surface area contributed by atoms with Crippen molar-refractivity contribution in [2.75, 3.05) is 5.32 Å². The average molecular weight is 494 g/mol. The van der Waals surface area contributed by atoms with Gasteiger partial charge < -0.3 is 20.4 Å². The van der Waals surface area contributed by atoms with E-state index in [1.54, 1.807) is 24.5 Å². The lowest BCUT2D eigenvalue weighted by atomic mass is 10.0. The first kappa shape index (κ1) is 24.7. The Balaban J connectivity index is 1.70. The molecule has 0 atom stereocenters. The van der Waals surface area contributed by atoms with Crippen LogP contribution in [-0.2, 0) is 6.54 Å². The maximum Gasteiger partial charge on any atom is 0.387 e. The number of nitrogens with zero attached hydrogens (tertiary/aromatic N) is 3. The maximum absolute atomic E-state index is 12.9. The minimum Gasteiger partial charge on any atom is -0.435 e. The molecule has 186 valence electrons. The molecular weight excluding hydrogens is 468 g/mol. The van der Waals surface area contributed by atoms with Gasteiger partial charge in [0.2, 0.25) is 0 Å². The summed E-state index contributed by atoms with van der Waals surface area (Å²) in [4.78, 5) is 28.6. The van der Waals surface area contributed by atoms with Gasteiger partial charge in [0.05, 0.1) is 17.5 Å². The van der Waals surface area contributed by atoms with Gasteiger partial charge in [-0.25, -0.2) is 9.97 Å². The lowest BCUT2D eigenvalue weighted by Gasteiger charge is -2.20. The number of rotatable bonds is 8. The standard InChI is InChI=1S/C25H25F2N7O2/c1-25(2,3)34-23(35)17-12-31-22-21(17)33-19(13-32-22)20(28)16-9-15(36-24(26)27)6-7-18(16)30-11-14-5-4-8-29-10-14/h4-10,12-13,24,28,30H,11H2,1-3H3,(H,31,32)(H,34,35). The molecule has 0 radical (unpaired) electrons. The predicted molar refractivity (Wildman–Crippen MR) is 132 cm³/mol. The van der Waals surface area contributed by atoms with Gasteiger partial charge in [0.15, 0.2) is 5.65 Å². The molecule has 0 spiro atoms. The summed E-state index contributed by atoms with van der Waals surface area (Å²) in [7, 11) is 0. The number of hydrogen-bond acceptors (Lipinski definition) is 7. The molecule has 3 aromatic heterocycles. The van der Waals surface area contributed by atoms with E-state index in [9.17, 15) is 13.6 Å². The molecule has 1 aromatic carbocycles. The molecule has 0 saturated heterocycles. The summed E-state index contributed by atoms with van der Waals surface area (Å²) in [5.74, 6) is -0.435. The summed E-state index contributed by atoms with van der Waals surface area (Å²) in [6.45, 7) is 2.97. The second kappa shape index (κ2) is 10.1. The van der Waals surface area contributed by atoms with E-state index >= 15 is 0 Å². The Morgan fingerprint density at radius 2 is 2.00 bits per heavy atom. The Hall–Kier alpha value is -4.41. The molecule has 0 aliphatic carbocycles. The number of aromatic nitrogens is 4. The molecule has 0 unspecified atom stereocenters. The summed E-state index contributed by atoms with van der Waals surface area (Å²) in [5.41, 5.74) is 2.26. The fourth-order valence-corrected chi connectivity index (χ4v) is 3.49. The third kappa shape index (κ3) is 5.80. The van der Waals surface area contributed by atoms with Crippen LogP contribution in [0, 0.1) is 5.41 Å². The van der Waals surface area contributed by atoms with Gasteiger partial charge in [0.25, 0.3) is 5.91 Å². The van der Waals surface area contributed by atoms with Crippen molar-refractivity contribution in [2.45, 2.75) is 39.5 Å². The second-order valence-corrected chi connectivity index (χ2v) is 9.03. The lowest BCUT2D eigenvalue weighted by molar-refractivity contribution is -0.0498. The van der Waals surface area contributed by atoms with Crippen LogP contribution in [0.5, 0.6) is 5.75 Å². The highest BCUT2D eigenvalue weighted by Crippen LogP contribution is 2.27. The van der Waals surface area contributed by atoms with Crippen molar-refractivity contribution in [3.63, 3.8) is 0 Å². The highest BCUT2D eigenvalue weighted by atomic mass is 19.3. The SMILES string of the molecule is CC(C)(C)NC(=O)c1c[nH]c2ncc(C(=N)c3cc(OC(F)F)ccc3NCc3cccnc3)nc12. The van der Waals surface area contributed by atoms with Crippen LogP contribution in [0.2, 0.25) is 0 Å². The number of ether oxygens (including phenoxy) is 1. The van der Waals surface area contributed by atoms with Crippen LogP contribution in [-0.4, -0.2) is 43.7 Å². The Morgan fingerprint density at radius 1 is 1.19 bits per heavy atom. The third-order valence-electron chi connectivity index (χ3n) is 5.06. The van der Waals surface area contributed by atoms with Crippen LogP contribution < -0.4 is 15.4 Å². The highest BCUT2D eigenvalue weighted by molar-refractivity contribution is 6.14. The van der Waals surface area contributed by atoms with E-state index in [1.165, 1.54) is 24.5 Å². The first-order valence-electron chi connectivity index (χ1n) is 11.1. The monoisotopic (exact) mass is 493 g/mol. The first-order chi connectivity index (χ1) is 17.1. The van der Waals surface area contributed by atoms with Gasteiger partial charge in [-0.2, -0.15) is 8.78 Å².